The first-order valence-corrected chi connectivity index (χ1v) is 7.16. The van der Waals surface area contributed by atoms with Gasteiger partial charge < -0.3 is 10.5 Å². The molecule has 0 spiro atoms. The highest BCUT2D eigenvalue weighted by Gasteiger charge is 2.36. The second kappa shape index (κ2) is 5.72. The van der Waals surface area contributed by atoms with Gasteiger partial charge in [-0.05, 0) is 24.6 Å². The molecule has 1 aromatic heterocycles. The van der Waals surface area contributed by atoms with E-state index < -0.39 is 17.6 Å². The molecule has 0 saturated carbocycles. The maximum absolute atomic E-state index is 14.3. The number of ether oxygens (including phenoxy) is 1. The minimum absolute atomic E-state index is 0.0350. The number of hydrogen-bond donors (Lipinski definition) is 2. The molecule has 5 nitrogen and oxygen atoms in total. The second-order valence-corrected chi connectivity index (χ2v) is 5.26. The highest BCUT2D eigenvalue weighted by Crippen LogP contribution is 2.43. The minimum atomic E-state index is -0.847. The normalized spacial score (nSPS) is 16.7. The van der Waals surface area contributed by atoms with Gasteiger partial charge in [-0.2, -0.15) is 5.26 Å². The van der Waals surface area contributed by atoms with Crippen LogP contribution in [0.4, 0.5) is 8.78 Å². The van der Waals surface area contributed by atoms with Gasteiger partial charge in [0.1, 0.15) is 23.3 Å². The molecule has 0 aliphatic carbocycles. The van der Waals surface area contributed by atoms with E-state index in [2.05, 4.69) is 10.2 Å². The first kappa shape index (κ1) is 15.0. The fourth-order valence-corrected chi connectivity index (χ4v) is 2.80. The number of hydrogen-bond acceptors (Lipinski definition) is 4. The van der Waals surface area contributed by atoms with E-state index in [0.29, 0.717) is 12.0 Å². The van der Waals surface area contributed by atoms with E-state index >= 15 is 0 Å². The molecule has 0 saturated heterocycles. The molecule has 1 atom stereocenters. The largest absolute Gasteiger partial charge is 0.420 e. The van der Waals surface area contributed by atoms with Crippen molar-refractivity contribution in [3.8, 4) is 11.9 Å². The summed E-state index contributed by atoms with van der Waals surface area (Å²) >= 11 is 0. The molecular weight excluding hydrogens is 302 g/mol. The van der Waals surface area contributed by atoms with Gasteiger partial charge in [-0.15, -0.1) is 5.10 Å². The van der Waals surface area contributed by atoms with E-state index in [1.165, 1.54) is 0 Å². The third kappa shape index (κ3) is 2.42. The van der Waals surface area contributed by atoms with Crippen molar-refractivity contribution in [1.82, 2.24) is 10.2 Å². The maximum atomic E-state index is 14.3. The predicted octanol–water partition coefficient (Wildman–Crippen LogP) is 2.86. The Kier molecular flexibility index (Phi) is 3.74. The van der Waals surface area contributed by atoms with E-state index in [4.69, 9.17) is 10.5 Å². The number of benzene rings is 1. The number of allylic oxidation sites excluding steroid dienone is 1. The Morgan fingerprint density at radius 1 is 1.43 bits per heavy atom. The van der Waals surface area contributed by atoms with Crippen LogP contribution in [0.25, 0.3) is 0 Å². The number of halogens is 2. The Bertz CT molecular complexity index is 835. The average molecular weight is 316 g/mol. The molecule has 0 bridgehead atoms. The van der Waals surface area contributed by atoms with E-state index in [9.17, 15) is 14.0 Å². The van der Waals surface area contributed by atoms with E-state index in [0.717, 1.165) is 30.3 Å². The maximum Gasteiger partial charge on any atom is 0.244 e. The Labute approximate surface area is 131 Å². The van der Waals surface area contributed by atoms with Crippen LogP contribution < -0.4 is 10.5 Å². The molecule has 0 fully saturated rings. The van der Waals surface area contributed by atoms with Gasteiger partial charge in [0.05, 0.1) is 11.5 Å². The summed E-state index contributed by atoms with van der Waals surface area (Å²) < 4.78 is 33.3. The van der Waals surface area contributed by atoms with Crippen LogP contribution in [0.15, 0.2) is 29.7 Å². The van der Waals surface area contributed by atoms with Crippen LogP contribution >= 0.6 is 0 Å². The molecule has 0 amide bonds. The zero-order chi connectivity index (χ0) is 16.6. The van der Waals surface area contributed by atoms with Crippen LogP contribution in [0.5, 0.6) is 5.88 Å². The summed E-state index contributed by atoms with van der Waals surface area (Å²) in [6.07, 6.45) is 1.45. The first-order valence-electron chi connectivity index (χ1n) is 7.16. The summed E-state index contributed by atoms with van der Waals surface area (Å²) in [6, 6.07) is 5.08. The number of nitrogens with two attached hydrogens (primary N) is 1. The lowest BCUT2D eigenvalue weighted by Gasteiger charge is -2.24. The number of nitriles is 1. The van der Waals surface area contributed by atoms with Crippen molar-refractivity contribution in [2.45, 2.75) is 25.7 Å². The van der Waals surface area contributed by atoms with Gasteiger partial charge in [0, 0.05) is 11.3 Å². The summed E-state index contributed by atoms with van der Waals surface area (Å²) in [4.78, 5) is 0. The third-order valence-electron chi connectivity index (χ3n) is 3.79. The van der Waals surface area contributed by atoms with Crippen molar-refractivity contribution in [2.24, 2.45) is 5.73 Å². The molecule has 3 N–H and O–H groups in total. The van der Waals surface area contributed by atoms with Crippen LogP contribution in [0.2, 0.25) is 0 Å². The molecule has 0 unspecified atom stereocenters. The zero-order valence-corrected chi connectivity index (χ0v) is 12.4. The molecule has 2 heterocycles. The topological polar surface area (TPSA) is 87.7 Å². The van der Waals surface area contributed by atoms with Gasteiger partial charge in [-0.1, -0.05) is 13.3 Å². The molecule has 1 aliphatic rings. The Morgan fingerprint density at radius 2 is 2.22 bits per heavy atom. The van der Waals surface area contributed by atoms with Gasteiger partial charge in [0.2, 0.25) is 11.8 Å². The predicted molar refractivity (Wildman–Crippen MR) is 78.2 cm³/mol. The molecule has 118 valence electrons. The number of aromatic nitrogens is 2. The standard InChI is InChI=1S/C16H14F2N4O/c1-2-3-12-14-13(9-6-8(17)4-5-11(9)18)10(7-19)15(20)23-16(14)22-21-12/h4-6,13H,2-3,20H2,1H3,(H,21,22)/t13-/m0/s1. The Balaban J connectivity index is 2.26. The average Bonchev–Trinajstić information content (AvgIpc) is 2.91. The second-order valence-electron chi connectivity index (χ2n) is 5.26. The third-order valence-corrected chi connectivity index (χ3v) is 3.79. The SMILES string of the molecule is CCCc1[nH]nc2c1[C@@H](c1cc(F)ccc1F)C(C#N)=C(N)O2. The summed E-state index contributed by atoms with van der Waals surface area (Å²) in [5, 5.41) is 16.3. The first-order chi connectivity index (χ1) is 11.1. The van der Waals surface area contributed by atoms with Gasteiger partial charge in [0.15, 0.2) is 0 Å². The van der Waals surface area contributed by atoms with Crippen molar-refractivity contribution < 1.29 is 13.5 Å². The van der Waals surface area contributed by atoms with Crippen molar-refractivity contribution in [1.29, 1.82) is 5.26 Å². The van der Waals surface area contributed by atoms with E-state index in [1.807, 2.05) is 13.0 Å². The quantitative estimate of drug-likeness (QED) is 0.911. The number of fused-ring (bicyclic) bond motifs is 1. The van der Waals surface area contributed by atoms with Crippen LogP contribution in [0, 0.1) is 23.0 Å². The lowest BCUT2D eigenvalue weighted by Crippen LogP contribution is -2.22. The molecule has 1 aliphatic heterocycles. The minimum Gasteiger partial charge on any atom is -0.420 e. The summed E-state index contributed by atoms with van der Waals surface area (Å²) in [5.41, 5.74) is 7.09. The molecule has 1 aromatic carbocycles. The fraction of sp³-hybridized carbons (Fsp3) is 0.250. The monoisotopic (exact) mass is 316 g/mol. The number of nitrogens with one attached hydrogen (secondary N) is 1. The van der Waals surface area contributed by atoms with Gasteiger partial charge in [0.25, 0.3) is 0 Å². The van der Waals surface area contributed by atoms with E-state index in [1.54, 1.807) is 0 Å². The number of rotatable bonds is 3. The lowest BCUT2D eigenvalue weighted by atomic mass is 9.83. The van der Waals surface area contributed by atoms with Crippen molar-refractivity contribution in [2.75, 3.05) is 0 Å². The number of aryl methyl sites for hydroxylation is 1. The van der Waals surface area contributed by atoms with E-state index in [-0.39, 0.29) is 22.9 Å². The summed E-state index contributed by atoms with van der Waals surface area (Å²) in [5.74, 6) is -2.01. The van der Waals surface area contributed by atoms with Gasteiger partial charge in [-0.3, -0.25) is 5.10 Å². The highest BCUT2D eigenvalue weighted by atomic mass is 19.1. The molecule has 7 heteroatoms. The highest BCUT2D eigenvalue weighted by molar-refractivity contribution is 5.55. The van der Waals surface area contributed by atoms with Gasteiger partial charge in [-0.25, -0.2) is 8.78 Å². The molecule has 0 radical (unpaired) electrons. The smallest absolute Gasteiger partial charge is 0.244 e. The number of H-pyrrole nitrogens is 1. The summed E-state index contributed by atoms with van der Waals surface area (Å²) in [6.45, 7) is 1.98. The van der Waals surface area contributed by atoms with Crippen LogP contribution in [-0.2, 0) is 6.42 Å². The zero-order valence-electron chi connectivity index (χ0n) is 12.4. The molecule has 2 aromatic rings. The van der Waals surface area contributed by atoms with Crippen molar-refractivity contribution in [3.05, 3.63) is 58.1 Å². The van der Waals surface area contributed by atoms with Crippen LogP contribution in [0.3, 0.4) is 0 Å². The lowest BCUT2D eigenvalue weighted by molar-refractivity contribution is 0.377. The molecular formula is C16H14F2N4O. The van der Waals surface area contributed by atoms with Gasteiger partial charge >= 0.3 is 0 Å². The van der Waals surface area contributed by atoms with Crippen molar-refractivity contribution >= 4 is 0 Å². The van der Waals surface area contributed by atoms with Crippen LogP contribution in [0.1, 0.15) is 36.1 Å². The number of aromatic amines is 1. The van der Waals surface area contributed by atoms with Crippen molar-refractivity contribution in [3.63, 3.8) is 0 Å². The van der Waals surface area contributed by atoms with Crippen LogP contribution in [-0.4, -0.2) is 10.2 Å². The number of nitrogens with zero attached hydrogens (tertiary/aromatic N) is 2. The Morgan fingerprint density at radius 3 is 2.91 bits per heavy atom. The molecule has 23 heavy (non-hydrogen) atoms. The molecule has 3 rings (SSSR count). The fourth-order valence-electron chi connectivity index (χ4n) is 2.80. The Hall–Kier alpha value is -2.88. The summed E-state index contributed by atoms with van der Waals surface area (Å²) in [7, 11) is 0.